The van der Waals surface area contributed by atoms with Gasteiger partial charge in [-0.15, -0.1) is 6.42 Å². The van der Waals surface area contributed by atoms with Gasteiger partial charge >= 0.3 is 12.1 Å². The minimum absolute atomic E-state index is 0.0766. The number of terminal acetylenes is 1. The second-order valence-corrected chi connectivity index (χ2v) is 14.1. The summed E-state index contributed by atoms with van der Waals surface area (Å²) in [5.74, 6) is 0.953. The fourth-order valence-corrected chi connectivity index (χ4v) is 8.04. The molecule has 51 heavy (non-hydrogen) atoms. The molecule has 264 valence electrons. The minimum Gasteiger partial charge on any atom is -0.508 e. The summed E-state index contributed by atoms with van der Waals surface area (Å²) in [7, 11) is 0. The van der Waals surface area contributed by atoms with Crippen molar-refractivity contribution in [1.29, 1.82) is 0 Å². The number of likely N-dealkylation sites (tertiary alicyclic amines) is 1. The van der Waals surface area contributed by atoms with E-state index in [-0.39, 0.29) is 74.5 Å². The van der Waals surface area contributed by atoms with Gasteiger partial charge in [0.25, 0.3) is 6.08 Å². The molecule has 4 aromatic rings. The molecular weight excluding hydrogens is 668 g/mol. The van der Waals surface area contributed by atoms with E-state index in [9.17, 15) is 28.2 Å². The summed E-state index contributed by atoms with van der Waals surface area (Å²) in [4.78, 5) is 31.3. The van der Waals surface area contributed by atoms with Crippen molar-refractivity contribution in [3.8, 4) is 35.4 Å². The van der Waals surface area contributed by atoms with Crippen molar-refractivity contribution < 1.29 is 37.3 Å². The van der Waals surface area contributed by atoms with Crippen LogP contribution in [0.1, 0.15) is 44.1 Å². The van der Waals surface area contributed by atoms with E-state index in [1.165, 1.54) is 35.4 Å². The number of pyridine rings is 1. The first kappa shape index (κ1) is 33.0. The van der Waals surface area contributed by atoms with Crippen LogP contribution in [0.2, 0.25) is 0 Å². The number of hydrogen-bond acceptors (Lipinski definition) is 8. The van der Waals surface area contributed by atoms with Crippen LogP contribution in [-0.4, -0.2) is 92.5 Å². The number of phenolic OH excluding ortho intramolecular Hbond substituents is 1. The predicted octanol–water partition coefficient (Wildman–Crippen LogP) is 6.55. The Morgan fingerprint density at radius 1 is 1.08 bits per heavy atom. The molecule has 10 nitrogen and oxygen atoms in total. The molecule has 2 aromatic carbocycles. The topological polar surface area (TPSA) is 115 Å². The Morgan fingerprint density at radius 2 is 1.80 bits per heavy atom. The molecule has 1 saturated carbocycles. The number of benzene rings is 2. The van der Waals surface area contributed by atoms with Gasteiger partial charge in [-0.2, -0.15) is 18.7 Å². The molecule has 3 aliphatic heterocycles. The van der Waals surface area contributed by atoms with Crippen LogP contribution >= 0.6 is 0 Å². The number of aromatic nitrogens is 3. The molecule has 8 rings (SSSR count). The molecule has 2 N–H and O–H groups in total. The number of piperazine rings is 1. The van der Waals surface area contributed by atoms with Gasteiger partial charge in [-0.3, -0.25) is 9.88 Å². The van der Waals surface area contributed by atoms with Crippen molar-refractivity contribution in [2.24, 2.45) is 5.41 Å². The number of aromatic hydroxyl groups is 1. The second kappa shape index (κ2) is 12.6. The highest BCUT2D eigenvalue weighted by molar-refractivity contribution is 6.03. The van der Waals surface area contributed by atoms with Crippen LogP contribution in [0.5, 0.6) is 11.8 Å². The molecule has 2 aromatic heterocycles. The first-order valence-electron chi connectivity index (χ1n) is 17.0. The number of nitrogens with zero attached hydrogens (tertiary/aromatic N) is 6. The third-order valence-electron chi connectivity index (χ3n) is 10.8. The average Bonchev–Trinajstić information content (AvgIpc) is 3.82. The Hall–Kier alpha value is -5.16. The van der Waals surface area contributed by atoms with E-state index >= 15 is 4.39 Å². The van der Waals surface area contributed by atoms with Gasteiger partial charge in [-0.05, 0) is 67.7 Å². The van der Waals surface area contributed by atoms with Gasteiger partial charge in [0.2, 0.25) is 0 Å². The van der Waals surface area contributed by atoms with Crippen molar-refractivity contribution in [2.45, 2.75) is 50.6 Å². The predicted molar refractivity (Wildman–Crippen MR) is 181 cm³/mol. The Bertz CT molecular complexity index is 2140. The maximum atomic E-state index is 16.9. The minimum atomic E-state index is -1.59. The Labute approximate surface area is 290 Å². The fourth-order valence-electron chi connectivity index (χ4n) is 8.04. The van der Waals surface area contributed by atoms with E-state index in [0.717, 1.165) is 12.8 Å². The summed E-state index contributed by atoms with van der Waals surface area (Å²) in [5, 5.41) is 21.3. The number of fused-ring (bicyclic) bond motifs is 4. The lowest BCUT2D eigenvalue weighted by atomic mass is 9.96. The summed E-state index contributed by atoms with van der Waals surface area (Å²) < 4.78 is 64.2. The second-order valence-electron chi connectivity index (χ2n) is 14.1. The Kier molecular flexibility index (Phi) is 8.13. The molecule has 1 amide bonds. The number of rotatable bonds is 7. The van der Waals surface area contributed by atoms with Crippen LogP contribution in [0.4, 0.5) is 28.2 Å². The molecule has 1 aliphatic carbocycles. The van der Waals surface area contributed by atoms with E-state index < -0.39 is 23.8 Å². The fraction of sp³-hybridized carbons (Fsp3) is 0.405. The molecule has 3 saturated heterocycles. The smallest absolute Gasteiger partial charge is 0.407 e. The number of amides is 1. The standard InChI is InChI=1S/C37H34F4N6O4/c1-2-25-28(38)6-3-21-13-24(48)14-26(29(21)25)31-30(39)32-27(15-42-31)34(46-16-22-4-5-23(17-46)47(22)36(49)50)44-35(43-32)51-19-37(9-10-37)18-45-11-7-20(8-12-45)33(40)41/h1,3,6,13-15,22-23,48H,4-5,7-12,16-19H2,(H,49,50). The monoisotopic (exact) mass is 702 g/mol. The highest BCUT2D eigenvalue weighted by Gasteiger charge is 2.46. The van der Waals surface area contributed by atoms with Crippen molar-refractivity contribution >= 4 is 33.6 Å². The highest BCUT2D eigenvalue weighted by Crippen LogP contribution is 2.47. The first-order valence-corrected chi connectivity index (χ1v) is 17.0. The molecule has 2 unspecified atom stereocenters. The van der Waals surface area contributed by atoms with Crippen LogP contribution < -0.4 is 9.64 Å². The van der Waals surface area contributed by atoms with Gasteiger partial charge < -0.3 is 24.7 Å². The number of carbonyl (C=O) groups is 1. The van der Waals surface area contributed by atoms with E-state index in [4.69, 9.17) is 16.1 Å². The van der Waals surface area contributed by atoms with Gasteiger partial charge in [0, 0.05) is 55.3 Å². The van der Waals surface area contributed by atoms with Gasteiger partial charge in [-0.25, -0.2) is 13.6 Å². The van der Waals surface area contributed by atoms with Crippen LogP contribution in [0, 0.1) is 29.4 Å². The van der Waals surface area contributed by atoms with Gasteiger partial charge in [0.15, 0.2) is 5.82 Å². The molecule has 0 spiro atoms. The first-order chi connectivity index (χ1) is 24.5. The van der Waals surface area contributed by atoms with Crippen molar-refractivity contribution in [3.63, 3.8) is 0 Å². The van der Waals surface area contributed by atoms with E-state index in [1.807, 2.05) is 4.90 Å². The lowest BCUT2D eigenvalue weighted by Crippen LogP contribution is -2.55. The van der Waals surface area contributed by atoms with Crippen LogP contribution in [0.3, 0.4) is 0 Å². The van der Waals surface area contributed by atoms with Crippen LogP contribution in [0.15, 0.2) is 42.1 Å². The number of hydrogen-bond donors (Lipinski definition) is 2. The van der Waals surface area contributed by atoms with Crippen LogP contribution in [-0.2, 0) is 0 Å². The lowest BCUT2D eigenvalue weighted by Gasteiger charge is -2.40. The molecule has 14 heteroatoms. The largest absolute Gasteiger partial charge is 0.508 e. The number of carboxylic acid groups (broad SMARTS) is 1. The zero-order chi connectivity index (χ0) is 35.6. The lowest BCUT2D eigenvalue weighted by molar-refractivity contribution is 0.114. The third kappa shape index (κ3) is 5.93. The molecular formula is C37H34F4N6O4. The quantitative estimate of drug-likeness (QED) is 0.164. The summed E-state index contributed by atoms with van der Waals surface area (Å²) in [6.07, 6.45) is 8.28. The average molecular weight is 703 g/mol. The number of anilines is 1. The number of halogens is 4. The summed E-state index contributed by atoms with van der Waals surface area (Å²) in [6.45, 7) is 2.62. The summed E-state index contributed by atoms with van der Waals surface area (Å²) >= 11 is 0. The zero-order valence-electron chi connectivity index (χ0n) is 27.5. The van der Waals surface area contributed by atoms with Gasteiger partial charge in [0.1, 0.15) is 28.6 Å². The highest BCUT2D eigenvalue weighted by atomic mass is 19.3. The molecule has 2 atom stereocenters. The van der Waals surface area contributed by atoms with Gasteiger partial charge in [-0.1, -0.05) is 12.0 Å². The number of ether oxygens (including phenoxy) is 1. The number of piperidine rings is 1. The van der Waals surface area contributed by atoms with Crippen molar-refractivity contribution in [3.05, 3.63) is 59.3 Å². The van der Waals surface area contributed by atoms with E-state index in [1.54, 1.807) is 0 Å². The molecule has 4 aliphatic rings. The molecule has 4 fully saturated rings. The van der Waals surface area contributed by atoms with E-state index in [2.05, 4.69) is 20.8 Å². The summed E-state index contributed by atoms with van der Waals surface area (Å²) in [5.41, 5.74) is -0.365. The zero-order valence-corrected chi connectivity index (χ0v) is 27.5. The summed E-state index contributed by atoms with van der Waals surface area (Å²) in [6, 6.07) is 4.68. The van der Waals surface area contributed by atoms with E-state index in [0.29, 0.717) is 69.6 Å². The maximum absolute atomic E-state index is 16.9. The van der Waals surface area contributed by atoms with Gasteiger partial charge in [0.05, 0.1) is 29.6 Å². The molecule has 5 heterocycles. The normalized spacial score (nSPS) is 21.3. The number of phenols is 1. The third-order valence-corrected chi connectivity index (χ3v) is 10.8. The maximum Gasteiger partial charge on any atom is 0.407 e. The molecule has 2 bridgehead atoms. The van der Waals surface area contributed by atoms with Crippen molar-refractivity contribution in [1.82, 2.24) is 24.8 Å². The molecule has 0 radical (unpaired) electrons. The SMILES string of the molecule is C#Cc1c(F)ccc2cc(O)cc(-c3ncc4c(N5CC6CCC(C5)N6C(=O)O)nc(OCC5(CN6CCC(=C(F)F)CC6)CC5)nc4c3F)c12. The van der Waals surface area contributed by atoms with Crippen LogP contribution in [0.25, 0.3) is 32.9 Å². The van der Waals surface area contributed by atoms with Crippen molar-refractivity contribution in [2.75, 3.05) is 44.2 Å². The Balaban J connectivity index is 1.18. The Morgan fingerprint density at radius 3 is 2.45 bits per heavy atom.